The lowest BCUT2D eigenvalue weighted by Gasteiger charge is -1.94. The normalized spacial score (nSPS) is 15.1. The highest BCUT2D eigenvalue weighted by atomic mass is 16.1. The Morgan fingerprint density at radius 1 is 1.60 bits per heavy atom. The van der Waals surface area contributed by atoms with Crippen LogP contribution < -0.4 is 0 Å². The fourth-order valence-electron chi connectivity index (χ4n) is 0.786. The molecule has 0 aliphatic carbocycles. The molecule has 0 N–H and O–H groups in total. The van der Waals surface area contributed by atoms with E-state index in [0.29, 0.717) is 0 Å². The Labute approximate surface area is 64.9 Å². The molecule has 0 heterocycles. The smallest absolute Gasteiger partial charge is 0.159 e. The number of benzene rings is 1. The van der Waals surface area contributed by atoms with E-state index in [-0.39, 0.29) is 5.56 Å². The zero-order valence-corrected chi connectivity index (χ0v) is 5.72. The Morgan fingerprint density at radius 2 is 2.40 bits per heavy atom. The molecule has 0 amide bonds. The predicted molar refractivity (Wildman–Crippen MR) is 41.2 cm³/mol. The molecule has 0 aliphatic rings. The van der Waals surface area contributed by atoms with E-state index in [0.717, 1.165) is 5.56 Å². The van der Waals surface area contributed by atoms with Crippen molar-refractivity contribution in [3.63, 3.8) is 0 Å². The summed E-state index contributed by atoms with van der Waals surface area (Å²) >= 11 is 0. The molecule has 0 aliphatic heterocycles. The van der Waals surface area contributed by atoms with Crippen LogP contribution in [-0.4, -0.2) is 5.78 Å². The van der Waals surface area contributed by atoms with Crippen LogP contribution in [-0.2, 0) is 0 Å². The van der Waals surface area contributed by atoms with E-state index < -0.39 is 12.6 Å². The van der Waals surface area contributed by atoms with E-state index in [2.05, 4.69) is 0 Å². The van der Waals surface area contributed by atoms with Gasteiger partial charge in [0, 0.05) is 9.68 Å². The van der Waals surface area contributed by atoms with Crippen LogP contribution in [0.5, 0.6) is 0 Å². The van der Waals surface area contributed by atoms with Gasteiger partial charge in [-0.3, -0.25) is 4.79 Å². The van der Waals surface area contributed by atoms with Crippen molar-refractivity contribution in [1.82, 2.24) is 0 Å². The minimum atomic E-state index is -2.53. The molecule has 1 heteroatoms. The highest BCUT2D eigenvalue weighted by Gasteiger charge is 1.95. The molecule has 1 aromatic carbocycles. The second-order valence-corrected chi connectivity index (χ2v) is 2.20. The van der Waals surface area contributed by atoms with Crippen LogP contribution in [0.3, 0.4) is 0 Å². The van der Waals surface area contributed by atoms with Crippen molar-refractivity contribution in [2.24, 2.45) is 0 Å². The first-order chi connectivity index (χ1) is 5.91. The summed E-state index contributed by atoms with van der Waals surface area (Å²) in [4.78, 5) is 11.3. The van der Waals surface area contributed by atoms with Gasteiger partial charge in [-0.2, -0.15) is 0 Å². The Kier molecular flexibility index (Phi) is 1.04. The third-order valence-corrected chi connectivity index (χ3v) is 1.28. The summed E-state index contributed by atoms with van der Waals surface area (Å²) in [6.07, 6.45) is 0. The van der Waals surface area contributed by atoms with Gasteiger partial charge in [0.05, 0.1) is 0 Å². The van der Waals surface area contributed by atoms with Crippen molar-refractivity contribution in [2.45, 2.75) is 13.8 Å². The molecular formula is C9H10O. The summed E-state index contributed by atoms with van der Waals surface area (Å²) in [6.45, 7) is -0.718. The van der Waals surface area contributed by atoms with Gasteiger partial charge in [-0.05, 0) is 19.8 Å². The van der Waals surface area contributed by atoms with Crippen molar-refractivity contribution in [1.29, 1.82) is 0 Å². The van der Waals surface area contributed by atoms with Gasteiger partial charge in [0.15, 0.2) is 5.78 Å². The standard InChI is InChI=1S/C9H10O/c1-7-4-3-5-9(6-7)8(2)10/h3-6H,1-2H3/i2D3. The number of hydrogen-bond donors (Lipinski definition) is 0. The summed E-state index contributed by atoms with van der Waals surface area (Å²) in [5, 5.41) is 0. The second-order valence-electron chi connectivity index (χ2n) is 2.20. The molecule has 52 valence electrons. The zero-order valence-electron chi connectivity index (χ0n) is 8.72. The lowest BCUT2D eigenvalue weighted by atomic mass is 10.1. The third kappa shape index (κ3) is 1.44. The fourth-order valence-corrected chi connectivity index (χ4v) is 0.786. The molecule has 0 saturated carbocycles. The molecule has 10 heavy (non-hydrogen) atoms. The number of carbonyl (C=O) groups is 1. The minimum absolute atomic E-state index is 0.250. The topological polar surface area (TPSA) is 17.1 Å². The van der Waals surface area contributed by atoms with Crippen molar-refractivity contribution >= 4 is 5.78 Å². The summed E-state index contributed by atoms with van der Waals surface area (Å²) in [7, 11) is 0. The molecule has 1 rings (SSSR count). The third-order valence-electron chi connectivity index (χ3n) is 1.28. The molecular weight excluding hydrogens is 124 g/mol. The van der Waals surface area contributed by atoms with Crippen LogP contribution in [0.4, 0.5) is 0 Å². The van der Waals surface area contributed by atoms with Gasteiger partial charge in [-0.1, -0.05) is 23.8 Å². The van der Waals surface area contributed by atoms with Gasteiger partial charge < -0.3 is 0 Å². The summed E-state index contributed by atoms with van der Waals surface area (Å²) in [6, 6.07) is 6.58. The molecule has 0 unspecified atom stereocenters. The Balaban J connectivity index is 3.03. The molecule has 0 fully saturated rings. The molecule has 0 bridgehead atoms. The number of aryl methyl sites for hydroxylation is 1. The highest BCUT2D eigenvalue weighted by Crippen LogP contribution is 2.03. The van der Waals surface area contributed by atoms with Crippen LogP contribution in [0.15, 0.2) is 24.3 Å². The van der Waals surface area contributed by atoms with Crippen molar-refractivity contribution < 1.29 is 8.91 Å². The van der Waals surface area contributed by atoms with E-state index in [4.69, 9.17) is 4.11 Å². The van der Waals surface area contributed by atoms with Gasteiger partial charge in [-0.15, -0.1) is 0 Å². The van der Waals surface area contributed by atoms with Crippen molar-refractivity contribution in [3.05, 3.63) is 35.4 Å². The first-order valence-corrected chi connectivity index (χ1v) is 3.03. The van der Waals surface area contributed by atoms with E-state index in [1.165, 1.54) is 6.07 Å². The second kappa shape index (κ2) is 2.65. The number of carbonyl (C=O) groups excluding carboxylic acids is 1. The lowest BCUT2D eigenvalue weighted by molar-refractivity contribution is 0.101. The van der Waals surface area contributed by atoms with E-state index in [1.807, 2.05) is 13.0 Å². The Bertz CT molecular complexity index is 328. The summed E-state index contributed by atoms with van der Waals surface area (Å²) < 4.78 is 20.8. The number of ketones is 1. The van der Waals surface area contributed by atoms with Gasteiger partial charge in [-0.25, -0.2) is 0 Å². The molecule has 0 radical (unpaired) electrons. The lowest BCUT2D eigenvalue weighted by Crippen LogP contribution is -1.90. The van der Waals surface area contributed by atoms with Gasteiger partial charge >= 0.3 is 0 Å². The number of Topliss-reactive ketones (excluding diaryl/α,β-unsaturated/α-hetero) is 1. The molecule has 0 saturated heterocycles. The van der Waals surface area contributed by atoms with Gasteiger partial charge in [0.25, 0.3) is 0 Å². The fraction of sp³-hybridized carbons (Fsp3) is 0.222. The highest BCUT2D eigenvalue weighted by molar-refractivity contribution is 5.94. The monoisotopic (exact) mass is 137 g/mol. The van der Waals surface area contributed by atoms with Gasteiger partial charge in [0.1, 0.15) is 0 Å². The largest absolute Gasteiger partial charge is 0.295 e. The molecule has 0 spiro atoms. The number of hydrogen-bond acceptors (Lipinski definition) is 1. The minimum Gasteiger partial charge on any atom is -0.295 e. The van der Waals surface area contributed by atoms with Gasteiger partial charge in [0.2, 0.25) is 0 Å². The average molecular weight is 137 g/mol. The quantitative estimate of drug-likeness (QED) is 0.542. The first kappa shape index (κ1) is 3.91. The molecule has 1 aromatic rings. The van der Waals surface area contributed by atoms with Crippen LogP contribution in [0.1, 0.15) is 26.9 Å². The maximum absolute atomic E-state index is 11.3. The SMILES string of the molecule is [2H]C([2H])([2H])C(=O)c1cccc(C)c1. The van der Waals surface area contributed by atoms with E-state index in [9.17, 15) is 4.79 Å². The number of rotatable bonds is 1. The van der Waals surface area contributed by atoms with Crippen LogP contribution >= 0.6 is 0 Å². The Morgan fingerprint density at radius 3 is 3.00 bits per heavy atom. The van der Waals surface area contributed by atoms with E-state index >= 15 is 0 Å². The first-order valence-electron chi connectivity index (χ1n) is 4.53. The van der Waals surface area contributed by atoms with Crippen LogP contribution in [0.25, 0.3) is 0 Å². The summed E-state index contributed by atoms with van der Waals surface area (Å²) in [5.74, 6) is -0.795. The summed E-state index contributed by atoms with van der Waals surface area (Å²) in [5.41, 5.74) is 1.13. The molecule has 1 nitrogen and oxygen atoms in total. The Hall–Kier alpha value is -1.11. The van der Waals surface area contributed by atoms with E-state index in [1.54, 1.807) is 12.1 Å². The van der Waals surface area contributed by atoms with Crippen LogP contribution in [0, 0.1) is 6.92 Å². The van der Waals surface area contributed by atoms with Crippen LogP contribution in [0.2, 0.25) is 0 Å². The zero-order chi connectivity index (χ0) is 10.1. The molecule has 0 aromatic heterocycles. The average Bonchev–Trinajstić information content (AvgIpc) is 2.01. The molecule has 0 atom stereocenters. The maximum atomic E-state index is 11.3. The van der Waals surface area contributed by atoms with Crippen molar-refractivity contribution in [2.75, 3.05) is 0 Å². The maximum Gasteiger partial charge on any atom is 0.159 e. The predicted octanol–water partition coefficient (Wildman–Crippen LogP) is 2.20. The van der Waals surface area contributed by atoms with Crippen molar-refractivity contribution in [3.8, 4) is 0 Å².